The summed E-state index contributed by atoms with van der Waals surface area (Å²) < 4.78 is 0. The smallest absolute Gasteiger partial charge is 0.267 e. The van der Waals surface area contributed by atoms with Crippen LogP contribution in [-0.4, -0.2) is 48.9 Å². The fraction of sp³-hybridized carbons (Fsp3) is 0.412. The molecular weight excluding hydrogens is 276 g/mol. The van der Waals surface area contributed by atoms with Gasteiger partial charge in [0.05, 0.1) is 0 Å². The molecule has 116 valence electrons. The molecule has 0 saturated carbocycles. The lowest BCUT2D eigenvalue weighted by Crippen LogP contribution is -2.42. The molecule has 1 saturated heterocycles. The third-order valence-corrected chi connectivity index (χ3v) is 4.07. The Balaban J connectivity index is 2.09. The summed E-state index contributed by atoms with van der Waals surface area (Å²) in [6.45, 7) is 7.50. The Morgan fingerprint density at radius 3 is 2.59 bits per heavy atom. The Bertz CT molecular complexity index is 622. The number of benzene rings is 1. The van der Waals surface area contributed by atoms with E-state index in [0.29, 0.717) is 0 Å². The van der Waals surface area contributed by atoms with Crippen LogP contribution in [0.4, 0.5) is 5.69 Å². The summed E-state index contributed by atoms with van der Waals surface area (Å²) >= 11 is 0. The number of hydrogen-bond donors (Lipinski definition) is 1. The first-order valence-corrected chi connectivity index (χ1v) is 7.43. The van der Waals surface area contributed by atoms with E-state index in [9.17, 15) is 10.1 Å². The number of carbonyl (C=O) groups excluding carboxylic acids is 1. The van der Waals surface area contributed by atoms with Gasteiger partial charge >= 0.3 is 0 Å². The largest absolute Gasteiger partial charge is 0.374 e. The summed E-state index contributed by atoms with van der Waals surface area (Å²) in [7, 11) is 2.07. The second kappa shape index (κ2) is 7.10. The van der Waals surface area contributed by atoms with Gasteiger partial charge in [-0.05, 0) is 38.1 Å². The van der Waals surface area contributed by atoms with Gasteiger partial charge in [0.1, 0.15) is 11.6 Å². The molecule has 22 heavy (non-hydrogen) atoms. The van der Waals surface area contributed by atoms with Crippen LogP contribution >= 0.6 is 0 Å². The van der Waals surface area contributed by atoms with Gasteiger partial charge in [0.2, 0.25) is 0 Å². The number of nitriles is 1. The number of nitrogens with zero attached hydrogens (tertiary/aromatic N) is 3. The SMILES string of the molecule is Cc1cccc(NC(=O)/C(C#N)=C\N2CCN(C)CC2)c1C. The van der Waals surface area contributed by atoms with Crippen molar-refractivity contribution in [3.05, 3.63) is 41.1 Å². The molecular formula is C17H22N4O. The predicted molar refractivity (Wildman–Crippen MR) is 87.3 cm³/mol. The lowest BCUT2D eigenvalue weighted by Gasteiger charge is -2.31. The minimum atomic E-state index is -0.352. The Kier molecular flexibility index (Phi) is 5.18. The van der Waals surface area contributed by atoms with Crippen molar-refractivity contribution in [2.24, 2.45) is 0 Å². The second-order valence-corrected chi connectivity index (χ2v) is 5.70. The van der Waals surface area contributed by atoms with Gasteiger partial charge in [-0.2, -0.15) is 5.26 Å². The van der Waals surface area contributed by atoms with E-state index < -0.39 is 0 Å². The summed E-state index contributed by atoms with van der Waals surface area (Å²) in [6.07, 6.45) is 1.67. The molecule has 0 aliphatic carbocycles. The molecule has 1 amide bonds. The molecule has 1 aromatic carbocycles. The molecule has 0 spiro atoms. The van der Waals surface area contributed by atoms with Gasteiger partial charge in [-0.3, -0.25) is 4.79 Å². The fourth-order valence-electron chi connectivity index (χ4n) is 2.35. The maximum atomic E-state index is 12.3. The highest BCUT2D eigenvalue weighted by atomic mass is 16.1. The molecule has 1 fully saturated rings. The normalized spacial score (nSPS) is 16.3. The van der Waals surface area contributed by atoms with Crippen molar-refractivity contribution in [3.8, 4) is 6.07 Å². The van der Waals surface area contributed by atoms with Crippen LogP contribution in [0.2, 0.25) is 0 Å². The average Bonchev–Trinajstić information content (AvgIpc) is 2.51. The van der Waals surface area contributed by atoms with Crippen molar-refractivity contribution in [2.45, 2.75) is 13.8 Å². The molecule has 5 nitrogen and oxygen atoms in total. The fourth-order valence-corrected chi connectivity index (χ4v) is 2.35. The van der Waals surface area contributed by atoms with Crippen molar-refractivity contribution in [1.82, 2.24) is 9.80 Å². The highest BCUT2D eigenvalue weighted by molar-refractivity contribution is 6.06. The first kappa shape index (κ1) is 16.1. The minimum Gasteiger partial charge on any atom is -0.374 e. The Hall–Kier alpha value is -2.32. The molecule has 0 radical (unpaired) electrons. The van der Waals surface area contributed by atoms with Crippen molar-refractivity contribution in [1.29, 1.82) is 5.26 Å². The van der Waals surface area contributed by atoms with E-state index in [2.05, 4.69) is 17.3 Å². The van der Waals surface area contributed by atoms with Crippen LogP contribution in [0.15, 0.2) is 30.0 Å². The van der Waals surface area contributed by atoms with Crippen molar-refractivity contribution in [2.75, 3.05) is 38.5 Å². The number of likely N-dealkylation sites (N-methyl/N-ethyl adjacent to an activating group) is 1. The number of anilines is 1. The highest BCUT2D eigenvalue weighted by Gasteiger charge is 2.16. The van der Waals surface area contributed by atoms with Gasteiger partial charge < -0.3 is 15.1 Å². The van der Waals surface area contributed by atoms with Crippen molar-refractivity contribution >= 4 is 11.6 Å². The van der Waals surface area contributed by atoms with Crippen LogP contribution in [0.3, 0.4) is 0 Å². The second-order valence-electron chi connectivity index (χ2n) is 5.70. The number of amides is 1. The maximum absolute atomic E-state index is 12.3. The van der Waals surface area contributed by atoms with E-state index in [0.717, 1.165) is 43.0 Å². The Morgan fingerprint density at radius 1 is 1.27 bits per heavy atom. The van der Waals surface area contributed by atoms with E-state index in [4.69, 9.17) is 0 Å². The van der Waals surface area contributed by atoms with Crippen LogP contribution < -0.4 is 5.32 Å². The van der Waals surface area contributed by atoms with Crippen molar-refractivity contribution < 1.29 is 4.79 Å². The first-order chi connectivity index (χ1) is 10.5. The van der Waals surface area contributed by atoms with Crippen LogP contribution in [0, 0.1) is 25.2 Å². The highest BCUT2D eigenvalue weighted by Crippen LogP contribution is 2.18. The number of aryl methyl sites for hydroxylation is 1. The molecule has 0 aromatic heterocycles. The maximum Gasteiger partial charge on any atom is 0.267 e. The lowest BCUT2D eigenvalue weighted by atomic mass is 10.1. The monoisotopic (exact) mass is 298 g/mol. The van der Waals surface area contributed by atoms with Crippen LogP contribution in [-0.2, 0) is 4.79 Å². The average molecular weight is 298 g/mol. The standard InChI is InChI=1S/C17H22N4O/c1-13-5-4-6-16(14(13)2)19-17(22)15(11-18)12-21-9-7-20(3)8-10-21/h4-6,12H,7-10H2,1-3H3,(H,19,22)/b15-12-. The van der Waals surface area contributed by atoms with Crippen LogP contribution in [0.5, 0.6) is 0 Å². The van der Waals surface area contributed by atoms with Gasteiger partial charge in [0, 0.05) is 38.1 Å². The van der Waals surface area contributed by atoms with E-state index in [1.54, 1.807) is 6.20 Å². The molecule has 2 rings (SSSR count). The number of hydrogen-bond acceptors (Lipinski definition) is 4. The van der Waals surface area contributed by atoms with Crippen molar-refractivity contribution in [3.63, 3.8) is 0 Å². The summed E-state index contributed by atoms with van der Waals surface area (Å²) in [5, 5.41) is 12.1. The van der Waals surface area contributed by atoms with Gasteiger partial charge in [-0.25, -0.2) is 0 Å². The van der Waals surface area contributed by atoms with Gasteiger partial charge in [-0.1, -0.05) is 12.1 Å². The number of piperazine rings is 1. The minimum absolute atomic E-state index is 0.144. The zero-order valence-corrected chi connectivity index (χ0v) is 13.4. The van der Waals surface area contributed by atoms with Crippen LogP contribution in [0.25, 0.3) is 0 Å². The lowest BCUT2D eigenvalue weighted by molar-refractivity contribution is -0.112. The third-order valence-electron chi connectivity index (χ3n) is 4.07. The zero-order chi connectivity index (χ0) is 16.1. The van der Waals surface area contributed by atoms with E-state index in [1.165, 1.54) is 0 Å². The number of carbonyl (C=O) groups is 1. The first-order valence-electron chi connectivity index (χ1n) is 7.43. The summed E-state index contributed by atoms with van der Waals surface area (Å²) in [4.78, 5) is 16.6. The van der Waals surface area contributed by atoms with Gasteiger partial charge in [0.15, 0.2) is 0 Å². The quantitative estimate of drug-likeness (QED) is 0.684. The summed E-state index contributed by atoms with van der Waals surface area (Å²) in [6, 6.07) is 7.75. The number of nitrogens with one attached hydrogen (secondary N) is 1. The van der Waals surface area contributed by atoms with E-state index in [1.807, 2.05) is 43.0 Å². The molecule has 1 heterocycles. The van der Waals surface area contributed by atoms with E-state index >= 15 is 0 Å². The molecule has 0 bridgehead atoms. The molecule has 1 N–H and O–H groups in total. The third kappa shape index (κ3) is 3.86. The van der Waals surface area contributed by atoms with Gasteiger partial charge in [-0.15, -0.1) is 0 Å². The Morgan fingerprint density at radius 2 is 1.95 bits per heavy atom. The number of rotatable bonds is 3. The molecule has 1 aliphatic heterocycles. The topological polar surface area (TPSA) is 59.4 Å². The van der Waals surface area contributed by atoms with Crippen LogP contribution in [0.1, 0.15) is 11.1 Å². The summed E-state index contributed by atoms with van der Waals surface area (Å²) in [5.74, 6) is -0.352. The molecule has 1 aliphatic rings. The zero-order valence-electron chi connectivity index (χ0n) is 13.4. The molecule has 0 atom stereocenters. The van der Waals surface area contributed by atoms with Gasteiger partial charge in [0.25, 0.3) is 5.91 Å². The molecule has 0 unspecified atom stereocenters. The molecule has 5 heteroatoms. The Labute approximate surface area is 131 Å². The molecule has 1 aromatic rings. The predicted octanol–water partition coefficient (Wildman–Crippen LogP) is 1.90. The summed E-state index contributed by atoms with van der Waals surface area (Å²) in [5.41, 5.74) is 3.03. The van der Waals surface area contributed by atoms with E-state index in [-0.39, 0.29) is 11.5 Å².